The van der Waals surface area contributed by atoms with E-state index in [9.17, 15) is 5.11 Å². The molecule has 4 aromatic rings. The minimum absolute atomic E-state index is 0.0345. The van der Waals surface area contributed by atoms with Crippen LogP contribution in [0.3, 0.4) is 0 Å². The number of rotatable bonds is 8. The Kier molecular flexibility index (Phi) is 7.29. The molecule has 2 fully saturated rings. The summed E-state index contributed by atoms with van der Waals surface area (Å²) in [5.74, 6) is 3.34. The summed E-state index contributed by atoms with van der Waals surface area (Å²) < 4.78 is 0. The van der Waals surface area contributed by atoms with Gasteiger partial charge in [-0.1, -0.05) is 86.0 Å². The summed E-state index contributed by atoms with van der Waals surface area (Å²) in [4.78, 5) is 12.0. The third-order valence-corrected chi connectivity index (χ3v) is 9.19. The molecule has 2 aliphatic rings. The fourth-order valence-electron chi connectivity index (χ4n) is 6.09. The van der Waals surface area contributed by atoms with Crippen molar-refractivity contribution in [3.63, 3.8) is 0 Å². The zero-order valence-electron chi connectivity index (χ0n) is 21.1. The molecular formula is C31H34N4OS. The van der Waals surface area contributed by atoms with Crippen LogP contribution in [0.1, 0.15) is 49.7 Å². The molecule has 37 heavy (non-hydrogen) atoms. The van der Waals surface area contributed by atoms with Gasteiger partial charge in [-0.25, -0.2) is 4.98 Å². The van der Waals surface area contributed by atoms with Crippen LogP contribution in [0, 0.1) is 11.8 Å². The number of nitrogens with one attached hydrogen (secondary N) is 2. The summed E-state index contributed by atoms with van der Waals surface area (Å²) in [5, 5.41) is 18.1. The number of hydrogen-bond acceptors (Lipinski definition) is 6. The fraction of sp³-hybridized carbons (Fsp3) is 0.355. The van der Waals surface area contributed by atoms with E-state index in [4.69, 9.17) is 9.97 Å². The highest BCUT2D eigenvalue weighted by molar-refractivity contribution is 7.99. The number of hydrogen-bond donors (Lipinski definition) is 3. The Morgan fingerprint density at radius 2 is 1.43 bits per heavy atom. The van der Waals surface area contributed by atoms with Crippen molar-refractivity contribution in [2.75, 3.05) is 10.6 Å². The summed E-state index contributed by atoms with van der Waals surface area (Å²) in [6, 6.07) is 25.2. The van der Waals surface area contributed by atoms with Gasteiger partial charge < -0.3 is 15.7 Å². The predicted octanol–water partition coefficient (Wildman–Crippen LogP) is 7.27. The van der Waals surface area contributed by atoms with E-state index in [-0.39, 0.29) is 6.61 Å². The highest BCUT2D eigenvalue weighted by Crippen LogP contribution is 2.43. The maximum absolute atomic E-state index is 9.74. The Balaban J connectivity index is 1.21. The number of fused-ring (bicyclic) bond motifs is 2. The molecule has 0 saturated heterocycles. The largest absolute Gasteiger partial charge is 0.392 e. The van der Waals surface area contributed by atoms with Crippen molar-refractivity contribution >= 4 is 34.4 Å². The van der Waals surface area contributed by atoms with Crippen molar-refractivity contribution in [3.05, 3.63) is 83.9 Å². The average Bonchev–Trinajstić information content (AvgIpc) is 3.35. The second-order valence-electron chi connectivity index (χ2n) is 10.4. The van der Waals surface area contributed by atoms with Crippen LogP contribution in [-0.4, -0.2) is 21.1 Å². The molecule has 2 unspecified atom stereocenters. The van der Waals surface area contributed by atoms with Crippen molar-refractivity contribution in [2.24, 2.45) is 11.8 Å². The second-order valence-corrected chi connectivity index (χ2v) is 11.4. The number of nitrogens with zero attached hydrogens (tertiary/aromatic N) is 2. The number of aromatic nitrogens is 2. The van der Waals surface area contributed by atoms with Crippen molar-refractivity contribution < 1.29 is 5.11 Å². The first-order valence-electron chi connectivity index (χ1n) is 13.5. The maximum atomic E-state index is 9.74. The van der Waals surface area contributed by atoms with Crippen LogP contribution in [-0.2, 0) is 13.2 Å². The van der Waals surface area contributed by atoms with Gasteiger partial charge in [0.1, 0.15) is 5.82 Å². The van der Waals surface area contributed by atoms with E-state index in [1.165, 1.54) is 44.1 Å². The van der Waals surface area contributed by atoms with Crippen molar-refractivity contribution in [1.29, 1.82) is 0 Å². The van der Waals surface area contributed by atoms with Crippen LogP contribution in [0.4, 0.5) is 11.8 Å². The zero-order chi connectivity index (χ0) is 25.0. The molecule has 3 N–H and O–H groups in total. The van der Waals surface area contributed by atoms with Crippen LogP contribution in [0.15, 0.2) is 82.6 Å². The van der Waals surface area contributed by atoms with Crippen LogP contribution in [0.25, 0.3) is 10.9 Å². The molecule has 2 aliphatic carbocycles. The Morgan fingerprint density at radius 1 is 0.784 bits per heavy atom. The molecule has 2 atom stereocenters. The van der Waals surface area contributed by atoms with E-state index in [2.05, 4.69) is 59.2 Å². The van der Waals surface area contributed by atoms with Crippen LogP contribution >= 0.6 is 11.8 Å². The zero-order valence-corrected chi connectivity index (χ0v) is 21.9. The smallest absolute Gasteiger partial charge is 0.225 e. The first kappa shape index (κ1) is 24.3. The van der Waals surface area contributed by atoms with Gasteiger partial charge in [-0.3, -0.25) is 0 Å². The summed E-state index contributed by atoms with van der Waals surface area (Å²) in [6.45, 7) is 0.655. The molecule has 3 aromatic carbocycles. The normalized spacial score (nSPS) is 21.1. The number of aliphatic hydroxyl groups is 1. The van der Waals surface area contributed by atoms with Gasteiger partial charge in [0.2, 0.25) is 5.95 Å². The number of aliphatic hydroxyl groups excluding tert-OH is 1. The summed E-state index contributed by atoms with van der Waals surface area (Å²) in [6.07, 6.45) is 8.07. The first-order valence-corrected chi connectivity index (χ1v) is 14.3. The van der Waals surface area contributed by atoms with E-state index in [1.807, 2.05) is 24.3 Å². The van der Waals surface area contributed by atoms with Gasteiger partial charge in [0, 0.05) is 27.8 Å². The molecule has 0 spiro atoms. The monoisotopic (exact) mass is 510 g/mol. The molecule has 0 amide bonds. The Labute approximate surface area is 223 Å². The SMILES string of the molecule is OCc1ccccc1Sc1ccccc1CNc1nc(NC2CC3CCCCC3C2)c2ccccc2n1. The molecule has 2 saturated carbocycles. The van der Waals surface area contributed by atoms with Gasteiger partial charge >= 0.3 is 0 Å². The lowest BCUT2D eigenvalue weighted by Gasteiger charge is -2.23. The Morgan fingerprint density at radius 3 is 2.19 bits per heavy atom. The average molecular weight is 511 g/mol. The van der Waals surface area contributed by atoms with Crippen LogP contribution in [0.5, 0.6) is 0 Å². The molecule has 0 bridgehead atoms. The lowest BCUT2D eigenvalue weighted by atomic mass is 9.82. The van der Waals surface area contributed by atoms with E-state index >= 15 is 0 Å². The summed E-state index contributed by atoms with van der Waals surface area (Å²) in [5.41, 5.74) is 3.07. The van der Waals surface area contributed by atoms with E-state index in [0.29, 0.717) is 18.5 Å². The Bertz CT molecular complexity index is 1360. The maximum Gasteiger partial charge on any atom is 0.225 e. The van der Waals surface area contributed by atoms with Crippen molar-refractivity contribution in [3.8, 4) is 0 Å². The van der Waals surface area contributed by atoms with Gasteiger partial charge in [-0.15, -0.1) is 0 Å². The van der Waals surface area contributed by atoms with Gasteiger partial charge in [-0.05, 0) is 60.1 Å². The minimum atomic E-state index is 0.0345. The quantitative estimate of drug-likeness (QED) is 0.232. The highest BCUT2D eigenvalue weighted by Gasteiger charge is 2.35. The minimum Gasteiger partial charge on any atom is -0.392 e. The van der Waals surface area contributed by atoms with Gasteiger partial charge in [0.15, 0.2) is 0 Å². The van der Waals surface area contributed by atoms with Crippen molar-refractivity contribution in [1.82, 2.24) is 9.97 Å². The summed E-state index contributed by atoms with van der Waals surface area (Å²) in [7, 11) is 0. The van der Waals surface area contributed by atoms with Gasteiger partial charge in [0.05, 0.1) is 12.1 Å². The number of anilines is 2. The standard InChI is InChI=1S/C31H34N4OS/c36-20-24-12-4-8-16-29(24)37-28-15-7-3-11-23(28)19-32-31-34-27-14-6-5-13-26(27)30(35-31)33-25-17-21-9-1-2-10-22(21)18-25/h3-8,11-16,21-22,25,36H,1-2,9-10,17-20H2,(H2,32,33,34,35). The van der Waals surface area contributed by atoms with Gasteiger partial charge in [0.25, 0.3) is 0 Å². The van der Waals surface area contributed by atoms with Crippen molar-refractivity contribution in [2.45, 2.75) is 67.5 Å². The first-order chi connectivity index (χ1) is 18.3. The topological polar surface area (TPSA) is 70.1 Å². The summed E-state index contributed by atoms with van der Waals surface area (Å²) >= 11 is 1.68. The van der Waals surface area contributed by atoms with Gasteiger partial charge in [-0.2, -0.15) is 4.98 Å². The fourth-order valence-corrected chi connectivity index (χ4v) is 7.15. The van der Waals surface area contributed by atoms with E-state index < -0.39 is 0 Å². The molecule has 6 rings (SSSR count). The highest BCUT2D eigenvalue weighted by atomic mass is 32.2. The number of para-hydroxylation sites is 1. The third kappa shape index (κ3) is 5.46. The predicted molar refractivity (Wildman–Crippen MR) is 152 cm³/mol. The van der Waals surface area contributed by atoms with E-state index in [1.54, 1.807) is 11.8 Å². The van der Waals surface area contributed by atoms with E-state index in [0.717, 1.165) is 43.9 Å². The molecule has 1 heterocycles. The lowest BCUT2D eigenvalue weighted by molar-refractivity contribution is 0.277. The third-order valence-electron chi connectivity index (χ3n) is 7.96. The Hall–Kier alpha value is -3.09. The molecule has 0 radical (unpaired) electrons. The second kappa shape index (κ2) is 11.1. The van der Waals surface area contributed by atoms with Crippen LogP contribution in [0.2, 0.25) is 0 Å². The van der Waals surface area contributed by atoms with Crippen LogP contribution < -0.4 is 10.6 Å². The molecule has 1 aromatic heterocycles. The molecule has 0 aliphatic heterocycles. The molecule has 5 nitrogen and oxygen atoms in total. The molecule has 6 heteroatoms. The number of benzene rings is 3. The molecule has 190 valence electrons. The lowest BCUT2D eigenvalue weighted by Crippen LogP contribution is -2.18. The molecular weight excluding hydrogens is 476 g/mol.